The van der Waals surface area contributed by atoms with Crippen molar-refractivity contribution in [3.05, 3.63) is 41.2 Å². The van der Waals surface area contributed by atoms with Crippen LogP contribution in [-0.4, -0.2) is 47.8 Å². The average molecular weight is 343 g/mol. The van der Waals surface area contributed by atoms with Crippen molar-refractivity contribution in [3.63, 3.8) is 0 Å². The Kier molecular flexibility index (Phi) is 5.50. The van der Waals surface area contributed by atoms with Gasteiger partial charge in [-0.25, -0.2) is 4.98 Å². The molecule has 0 aliphatic carbocycles. The molecule has 3 rings (SSSR count). The van der Waals surface area contributed by atoms with Crippen LogP contribution in [0, 0.1) is 6.92 Å². The lowest BCUT2D eigenvalue weighted by atomic mass is 10.1. The van der Waals surface area contributed by atoms with E-state index in [-0.39, 0.29) is 18.1 Å². The number of H-pyrrole nitrogens is 1. The quantitative estimate of drug-likeness (QED) is 0.819. The van der Waals surface area contributed by atoms with Gasteiger partial charge in [0.1, 0.15) is 5.82 Å². The van der Waals surface area contributed by atoms with E-state index in [9.17, 15) is 4.79 Å². The van der Waals surface area contributed by atoms with Crippen molar-refractivity contribution in [3.8, 4) is 0 Å². The van der Waals surface area contributed by atoms with Crippen LogP contribution in [0.4, 0.5) is 0 Å². The molecule has 2 atom stereocenters. The lowest BCUT2D eigenvalue weighted by Crippen LogP contribution is -2.50. The summed E-state index contributed by atoms with van der Waals surface area (Å²) in [7, 11) is 0. The van der Waals surface area contributed by atoms with E-state index in [1.807, 2.05) is 39.0 Å². The highest BCUT2D eigenvalue weighted by Crippen LogP contribution is 2.16. The van der Waals surface area contributed by atoms with Gasteiger partial charge in [-0.05, 0) is 45.4 Å². The van der Waals surface area contributed by atoms with Gasteiger partial charge in [0, 0.05) is 12.2 Å². The summed E-state index contributed by atoms with van der Waals surface area (Å²) in [6, 6.07) is 5.33. The Morgan fingerprint density at radius 1 is 1.48 bits per heavy atom. The van der Waals surface area contributed by atoms with Gasteiger partial charge in [-0.1, -0.05) is 11.6 Å². The van der Waals surface area contributed by atoms with Crippen LogP contribution in [0.15, 0.2) is 29.8 Å². The van der Waals surface area contributed by atoms with E-state index in [0.29, 0.717) is 25.4 Å². The molecule has 0 radical (unpaired) electrons. The van der Waals surface area contributed by atoms with E-state index >= 15 is 0 Å². The zero-order valence-corrected chi connectivity index (χ0v) is 15.0. The minimum atomic E-state index is -0.147. The molecular formula is C19H25N3O3. The summed E-state index contributed by atoms with van der Waals surface area (Å²) >= 11 is 0. The minimum Gasteiger partial charge on any atom is -0.379 e. The predicted octanol–water partition coefficient (Wildman–Crippen LogP) is 2.74. The molecular weight excluding hydrogens is 318 g/mol. The summed E-state index contributed by atoms with van der Waals surface area (Å²) in [4.78, 5) is 20.1. The minimum absolute atomic E-state index is 0.0357. The molecule has 1 fully saturated rings. The number of fused-ring (bicyclic) bond motifs is 1. The summed E-state index contributed by atoms with van der Waals surface area (Å²) in [5.41, 5.74) is 3.54. The first-order chi connectivity index (χ1) is 12.0. The van der Waals surface area contributed by atoms with Gasteiger partial charge in [0.05, 0.1) is 36.4 Å². The van der Waals surface area contributed by atoms with Gasteiger partial charge >= 0.3 is 0 Å². The van der Waals surface area contributed by atoms with Gasteiger partial charge in [-0.2, -0.15) is 0 Å². The van der Waals surface area contributed by atoms with E-state index in [2.05, 4.69) is 15.3 Å². The Morgan fingerprint density at radius 3 is 3.12 bits per heavy atom. The summed E-state index contributed by atoms with van der Waals surface area (Å²) in [6.07, 6.45) is 2.79. The summed E-state index contributed by atoms with van der Waals surface area (Å²) in [6.45, 7) is 7.66. The fourth-order valence-electron chi connectivity index (χ4n) is 2.92. The zero-order chi connectivity index (χ0) is 17.8. The first kappa shape index (κ1) is 17.6. The largest absolute Gasteiger partial charge is 0.379 e. The molecule has 2 aromatic rings. The molecule has 1 aliphatic rings. The van der Waals surface area contributed by atoms with Crippen LogP contribution in [0.3, 0.4) is 0 Å². The summed E-state index contributed by atoms with van der Waals surface area (Å²) in [5, 5.41) is 3.05. The Morgan fingerprint density at radius 2 is 2.32 bits per heavy atom. The van der Waals surface area contributed by atoms with Crippen molar-refractivity contribution < 1.29 is 14.3 Å². The number of hydrogen-bond donors (Lipinski definition) is 2. The highest BCUT2D eigenvalue weighted by atomic mass is 16.5. The lowest BCUT2D eigenvalue weighted by Gasteiger charge is -2.31. The highest BCUT2D eigenvalue weighted by Gasteiger charge is 2.28. The standard InChI is InChI=1S/C19H25N3O3/c1-12(2)6-9-25-18-7-8-24-11-17(18)22-19(23)14-4-5-15-16(10-14)21-13(3)20-15/h4-6,10,17-18H,7-9,11H2,1-3H3,(H,20,21)(H,22,23)/t17-,18+/m0/s1. The third-order valence-corrected chi connectivity index (χ3v) is 4.27. The van der Waals surface area contributed by atoms with Gasteiger partial charge in [-0.15, -0.1) is 0 Å². The van der Waals surface area contributed by atoms with Crippen LogP contribution in [0.2, 0.25) is 0 Å². The number of carbonyl (C=O) groups excluding carboxylic acids is 1. The van der Waals surface area contributed by atoms with E-state index in [1.54, 1.807) is 6.07 Å². The fourth-order valence-corrected chi connectivity index (χ4v) is 2.92. The Bertz CT molecular complexity index is 777. The number of nitrogens with one attached hydrogen (secondary N) is 2. The molecule has 0 spiro atoms. The molecule has 1 aromatic heterocycles. The maximum atomic E-state index is 12.6. The first-order valence-electron chi connectivity index (χ1n) is 8.63. The third-order valence-electron chi connectivity index (χ3n) is 4.27. The van der Waals surface area contributed by atoms with Crippen LogP contribution < -0.4 is 5.32 Å². The number of aromatic amines is 1. The van der Waals surface area contributed by atoms with Gasteiger partial charge in [0.25, 0.3) is 5.91 Å². The van der Waals surface area contributed by atoms with Crippen molar-refractivity contribution in [2.24, 2.45) is 0 Å². The topological polar surface area (TPSA) is 76.2 Å². The molecule has 134 valence electrons. The van der Waals surface area contributed by atoms with Crippen molar-refractivity contribution in [1.29, 1.82) is 0 Å². The molecule has 1 saturated heterocycles. The molecule has 6 nitrogen and oxygen atoms in total. The number of benzene rings is 1. The SMILES string of the molecule is CC(C)=CCO[C@@H]1CCOC[C@@H]1NC(=O)c1ccc2nc(C)[nH]c2c1. The predicted molar refractivity (Wildman–Crippen MR) is 96.7 cm³/mol. The molecule has 1 aliphatic heterocycles. The number of hydrogen-bond acceptors (Lipinski definition) is 4. The second-order valence-corrected chi connectivity index (χ2v) is 6.65. The smallest absolute Gasteiger partial charge is 0.251 e. The van der Waals surface area contributed by atoms with Crippen molar-refractivity contribution in [2.75, 3.05) is 19.8 Å². The van der Waals surface area contributed by atoms with Crippen LogP contribution in [0.25, 0.3) is 11.0 Å². The fraction of sp³-hybridized carbons (Fsp3) is 0.474. The lowest BCUT2D eigenvalue weighted by molar-refractivity contribution is -0.0457. The average Bonchev–Trinajstić information content (AvgIpc) is 2.95. The summed E-state index contributed by atoms with van der Waals surface area (Å²) < 4.78 is 11.5. The first-order valence-corrected chi connectivity index (χ1v) is 8.63. The second-order valence-electron chi connectivity index (χ2n) is 6.65. The molecule has 1 amide bonds. The molecule has 6 heteroatoms. The number of carbonyl (C=O) groups is 1. The molecule has 1 aromatic carbocycles. The molecule has 2 N–H and O–H groups in total. The Balaban J connectivity index is 1.67. The second kappa shape index (κ2) is 7.80. The maximum absolute atomic E-state index is 12.6. The molecule has 25 heavy (non-hydrogen) atoms. The van der Waals surface area contributed by atoms with E-state index < -0.39 is 0 Å². The van der Waals surface area contributed by atoms with E-state index in [0.717, 1.165) is 23.3 Å². The summed E-state index contributed by atoms with van der Waals surface area (Å²) in [5.74, 6) is 0.710. The van der Waals surface area contributed by atoms with E-state index in [4.69, 9.17) is 9.47 Å². The third kappa shape index (κ3) is 4.46. The number of allylic oxidation sites excluding steroid dienone is 1. The number of imidazole rings is 1. The number of rotatable bonds is 5. The Hall–Kier alpha value is -2.18. The molecule has 2 heterocycles. The van der Waals surface area contributed by atoms with Crippen LogP contribution >= 0.6 is 0 Å². The maximum Gasteiger partial charge on any atom is 0.251 e. The zero-order valence-electron chi connectivity index (χ0n) is 15.0. The van der Waals surface area contributed by atoms with Gasteiger partial charge < -0.3 is 19.8 Å². The van der Waals surface area contributed by atoms with E-state index in [1.165, 1.54) is 5.57 Å². The number of nitrogens with zero attached hydrogens (tertiary/aromatic N) is 1. The monoisotopic (exact) mass is 343 g/mol. The van der Waals surface area contributed by atoms with Crippen molar-refractivity contribution in [2.45, 2.75) is 39.3 Å². The Labute approximate surface area is 147 Å². The van der Waals surface area contributed by atoms with Crippen molar-refractivity contribution in [1.82, 2.24) is 15.3 Å². The van der Waals surface area contributed by atoms with Crippen molar-refractivity contribution >= 4 is 16.9 Å². The van der Waals surface area contributed by atoms with Crippen LogP contribution in [0.1, 0.15) is 36.5 Å². The number of aryl methyl sites for hydroxylation is 1. The molecule has 0 bridgehead atoms. The number of ether oxygens (including phenoxy) is 2. The van der Waals surface area contributed by atoms with Crippen LogP contribution in [0.5, 0.6) is 0 Å². The molecule has 0 unspecified atom stereocenters. The van der Waals surface area contributed by atoms with Gasteiger partial charge in [0.15, 0.2) is 0 Å². The van der Waals surface area contributed by atoms with Gasteiger partial charge in [0.2, 0.25) is 0 Å². The number of aromatic nitrogens is 2. The highest BCUT2D eigenvalue weighted by molar-refractivity contribution is 5.97. The normalized spacial score (nSPS) is 20.4. The van der Waals surface area contributed by atoms with Gasteiger partial charge in [-0.3, -0.25) is 4.79 Å². The molecule has 0 saturated carbocycles. The number of amides is 1. The van der Waals surface area contributed by atoms with Crippen LogP contribution in [-0.2, 0) is 9.47 Å².